The van der Waals surface area contributed by atoms with Crippen LogP contribution in [-0.4, -0.2) is 21.1 Å². The zero-order valence-corrected chi connectivity index (χ0v) is 18.8. The van der Waals surface area contributed by atoms with Crippen LogP contribution in [0.25, 0.3) is 33.6 Å². The molecular weight excluding hydrogens is 474 g/mol. The summed E-state index contributed by atoms with van der Waals surface area (Å²) in [5.41, 5.74) is 2.75. The van der Waals surface area contributed by atoms with Crippen LogP contribution in [0, 0.1) is 5.82 Å². The molecule has 0 aliphatic heterocycles. The maximum atomic E-state index is 14.8. The second-order valence-electron chi connectivity index (χ2n) is 6.82. The van der Waals surface area contributed by atoms with Crippen LogP contribution in [0.4, 0.5) is 10.1 Å². The molecule has 9 heteroatoms. The van der Waals surface area contributed by atoms with Crippen molar-refractivity contribution in [2.45, 2.75) is 6.92 Å². The fraction of sp³-hybridized carbons (Fsp3) is 0.0435. The number of hydrogen-bond donors (Lipinski definition) is 1. The highest BCUT2D eigenvalue weighted by Gasteiger charge is 2.24. The van der Waals surface area contributed by atoms with Crippen LogP contribution in [0.15, 0.2) is 60.8 Å². The Kier molecular flexibility index (Phi) is 6.37. The number of nitrogens with zero attached hydrogens (tertiary/aromatic N) is 3. The average molecular weight is 488 g/mol. The summed E-state index contributed by atoms with van der Waals surface area (Å²) in [5.74, 6) is -0.713. The van der Waals surface area contributed by atoms with Crippen molar-refractivity contribution in [3.63, 3.8) is 0 Å². The third-order valence-electron chi connectivity index (χ3n) is 4.58. The van der Waals surface area contributed by atoms with Crippen molar-refractivity contribution in [2.75, 3.05) is 5.32 Å². The van der Waals surface area contributed by atoms with E-state index in [-0.39, 0.29) is 27.3 Å². The third kappa shape index (κ3) is 4.43. The summed E-state index contributed by atoms with van der Waals surface area (Å²) in [7, 11) is 0. The van der Waals surface area contributed by atoms with E-state index in [0.717, 1.165) is 0 Å². The fourth-order valence-corrected chi connectivity index (χ4v) is 4.01. The van der Waals surface area contributed by atoms with Crippen molar-refractivity contribution < 1.29 is 9.18 Å². The van der Waals surface area contributed by atoms with Gasteiger partial charge in [-0.25, -0.2) is 4.39 Å². The molecule has 5 nitrogen and oxygen atoms in total. The number of aromatic nitrogens is 3. The molecule has 0 fully saturated rings. The Bertz CT molecular complexity index is 1350. The summed E-state index contributed by atoms with van der Waals surface area (Å²) in [5, 5.41) is 11.6. The van der Waals surface area contributed by atoms with Crippen LogP contribution in [0.1, 0.15) is 6.92 Å². The monoisotopic (exact) mass is 486 g/mol. The minimum Gasteiger partial charge on any atom is -0.326 e. The Hall–Kier alpha value is -3.06. The third-order valence-corrected chi connectivity index (χ3v) is 5.34. The van der Waals surface area contributed by atoms with Gasteiger partial charge in [-0.15, -0.1) is 10.2 Å². The number of carbonyl (C=O) groups excluding carboxylic acids is 1. The number of benzene rings is 2. The van der Waals surface area contributed by atoms with Gasteiger partial charge >= 0.3 is 0 Å². The smallest absolute Gasteiger partial charge is 0.221 e. The van der Waals surface area contributed by atoms with E-state index in [1.54, 1.807) is 42.5 Å². The van der Waals surface area contributed by atoms with Crippen molar-refractivity contribution in [3.8, 4) is 33.6 Å². The number of anilines is 1. The van der Waals surface area contributed by atoms with E-state index in [4.69, 9.17) is 34.8 Å². The Labute approximate surface area is 198 Å². The lowest BCUT2D eigenvalue weighted by atomic mass is 9.93. The Morgan fingerprint density at radius 2 is 1.72 bits per heavy atom. The summed E-state index contributed by atoms with van der Waals surface area (Å²) < 4.78 is 14.8. The molecular formula is C23H14Cl3FN4O. The molecule has 0 atom stereocenters. The van der Waals surface area contributed by atoms with Crippen molar-refractivity contribution in [2.24, 2.45) is 0 Å². The van der Waals surface area contributed by atoms with Crippen molar-refractivity contribution in [1.29, 1.82) is 0 Å². The Balaban J connectivity index is 2.08. The highest BCUT2D eigenvalue weighted by Crippen LogP contribution is 2.44. The zero-order chi connectivity index (χ0) is 22.8. The molecule has 32 heavy (non-hydrogen) atoms. The molecule has 0 bridgehead atoms. The lowest BCUT2D eigenvalue weighted by molar-refractivity contribution is -0.114. The molecule has 4 aromatic rings. The number of rotatable bonds is 4. The molecule has 4 rings (SSSR count). The highest BCUT2D eigenvalue weighted by atomic mass is 35.5. The fourth-order valence-electron chi connectivity index (χ4n) is 3.31. The second kappa shape index (κ2) is 9.20. The molecule has 160 valence electrons. The summed E-state index contributed by atoms with van der Waals surface area (Å²) in [6.45, 7) is 1.41. The zero-order valence-electron chi connectivity index (χ0n) is 16.5. The molecule has 0 radical (unpaired) electrons. The minimum absolute atomic E-state index is 0.0294. The van der Waals surface area contributed by atoms with E-state index < -0.39 is 5.82 Å². The van der Waals surface area contributed by atoms with Gasteiger partial charge < -0.3 is 5.32 Å². The van der Waals surface area contributed by atoms with Gasteiger partial charge in [0.25, 0.3) is 0 Å². The number of nitrogens with one attached hydrogen (secondary N) is 1. The summed E-state index contributed by atoms with van der Waals surface area (Å²) >= 11 is 18.9. The minimum atomic E-state index is -0.482. The number of halogens is 4. The van der Waals surface area contributed by atoms with Gasteiger partial charge in [0.15, 0.2) is 5.15 Å². The van der Waals surface area contributed by atoms with Crippen LogP contribution >= 0.6 is 34.8 Å². The number of hydrogen-bond acceptors (Lipinski definition) is 4. The predicted octanol–water partition coefficient (Wildman–Crippen LogP) is 6.93. The highest BCUT2D eigenvalue weighted by molar-refractivity contribution is 6.38. The van der Waals surface area contributed by atoms with Gasteiger partial charge in [-0.05, 0) is 35.9 Å². The normalized spacial score (nSPS) is 10.8. The van der Waals surface area contributed by atoms with Gasteiger partial charge in [0, 0.05) is 29.9 Å². The van der Waals surface area contributed by atoms with E-state index >= 15 is 0 Å². The Morgan fingerprint density at radius 3 is 2.44 bits per heavy atom. The second-order valence-corrected chi connectivity index (χ2v) is 8.02. The first kappa shape index (κ1) is 22.1. The van der Waals surface area contributed by atoms with Gasteiger partial charge in [-0.2, -0.15) is 0 Å². The first-order chi connectivity index (χ1) is 15.3. The molecule has 2 aromatic heterocycles. The van der Waals surface area contributed by atoms with Crippen molar-refractivity contribution >= 4 is 46.4 Å². The molecule has 0 spiro atoms. The average Bonchev–Trinajstić information content (AvgIpc) is 2.74. The topological polar surface area (TPSA) is 67.8 Å². The first-order valence-electron chi connectivity index (χ1n) is 9.35. The number of amides is 1. The maximum Gasteiger partial charge on any atom is 0.221 e. The molecule has 0 saturated heterocycles. The standard InChI is InChI=1S/C23H14Cl3FN4O/c1-12(32)29-15-6-4-5-13(9-15)19-20(22-17(25)10-14(24)11-28-22)23(26)31-30-21(19)16-7-2-3-8-18(16)27/h2-11H,1H3,(H,29,32). The molecule has 0 unspecified atom stereocenters. The molecule has 2 aromatic carbocycles. The molecule has 0 aliphatic rings. The first-order valence-corrected chi connectivity index (χ1v) is 10.5. The van der Waals surface area contributed by atoms with Crippen LogP contribution in [0.2, 0.25) is 15.2 Å². The molecule has 1 amide bonds. The predicted molar refractivity (Wildman–Crippen MR) is 125 cm³/mol. The molecule has 0 aliphatic carbocycles. The van der Waals surface area contributed by atoms with Crippen LogP contribution in [0.5, 0.6) is 0 Å². The molecule has 1 N–H and O–H groups in total. The van der Waals surface area contributed by atoms with Crippen LogP contribution in [-0.2, 0) is 4.79 Å². The summed E-state index contributed by atoms with van der Waals surface area (Å²) in [6, 6.07) is 14.7. The van der Waals surface area contributed by atoms with E-state index in [9.17, 15) is 9.18 Å². The van der Waals surface area contributed by atoms with Gasteiger partial charge in [-0.1, -0.05) is 59.1 Å². The van der Waals surface area contributed by atoms with Crippen LogP contribution in [0.3, 0.4) is 0 Å². The lowest BCUT2D eigenvalue weighted by Gasteiger charge is -2.17. The maximum absolute atomic E-state index is 14.8. The largest absolute Gasteiger partial charge is 0.326 e. The van der Waals surface area contributed by atoms with Gasteiger partial charge in [0.1, 0.15) is 11.5 Å². The van der Waals surface area contributed by atoms with E-state index in [2.05, 4.69) is 20.5 Å². The molecule has 2 heterocycles. The van der Waals surface area contributed by atoms with E-state index in [0.29, 0.717) is 33.1 Å². The lowest BCUT2D eigenvalue weighted by Crippen LogP contribution is -2.06. The number of pyridine rings is 1. The van der Waals surface area contributed by atoms with E-state index in [1.807, 2.05) is 0 Å². The van der Waals surface area contributed by atoms with Crippen molar-refractivity contribution in [3.05, 3.63) is 81.8 Å². The van der Waals surface area contributed by atoms with E-state index in [1.165, 1.54) is 25.3 Å². The van der Waals surface area contributed by atoms with Gasteiger partial charge in [-0.3, -0.25) is 9.78 Å². The molecule has 0 saturated carbocycles. The SMILES string of the molecule is CC(=O)Nc1cccc(-c2c(-c3ccccc3F)nnc(Cl)c2-c2ncc(Cl)cc2Cl)c1. The van der Waals surface area contributed by atoms with Crippen LogP contribution < -0.4 is 5.32 Å². The summed E-state index contributed by atoms with van der Waals surface area (Å²) in [6.07, 6.45) is 1.43. The van der Waals surface area contributed by atoms with Gasteiger partial charge in [0.2, 0.25) is 5.91 Å². The summed E-state index contributed by atoms with van der Waals surface area (Å²) in [4.78, 5) is 15.9. The Morgan fingerprint density at radius 1 is 0.938 bits per heavy atom. The quantitative estimate of drug-likeness (QED) is 0.339. The van der Waals surface area contributed by atoms with Gasteiger partial charge in [0.05, 0.1) is 21.3 Å². The number of carbonyl (C=O) groups is 1. The van der Waals surface area contributed by atoms with Crippen molar-refractivity contribution in [1.82, 2.24) is 15.2 Å².